The third kappa shape index (κ3) is 1.29. The second-order valence-corrected chi connectivity index (χ2v) is 3.89. The molecule has 0 atom stereocenters. The lowest BCUT2D eigenvalue weighted by atomic mass is 10.0. The molecule has 0 amide bonds. The van der Waals surface area contributed by atoms with E-state index in [1.807, 2.05) is 30.3 Å². The molecule has 0 bridgehead atoms. The summed E-state index contributed by atoms with van der Waals surface area (Å²) in [6.07, 6.45) is 0.884. The molecular weight excluding hydrogens is 196 g/mol. The largest absolute Gasteiger partial charge is 0.298 e. The quantitative estimate of drug-likeness (QED) is 0.554. The average Bonchev–Trinajstić information content (AvgIpc) is 2.71. The van der Waals surface area contributed by atoms with Gasteiger partial charge in [0.1, 0.15) is 6.29 Å². The van der Waals surface area contributed by atoms with Gasteiger partial charge in [-0.1, -0.05) is 48.5 Å². The molecule has 0 radical (unpaired) electrons. The number of fused-ring (bicyclic) bond motifs is 3. The van der Waals surface area contributed by atoms with Gasteiger partial charge in [-0.25, -0.2) is 0 Å². The normalized spacial score (nSPS) is 10.8. The van der Waals surface area contributed by atoms with Crippen molar-refractivity contribution in [3.63, 3.8) is 0 Å². The molecule has 2 aliphatic carbocycles. The van der Waals surface area contributed by atoms with Crippen LogP contribution in [0.1, 0.15) is 10.4 Å². The second-order valence-electron chi connectivity index (χ2n) is 3.89. The first-order valence-electron chi connectivity index (χ1n) is 5.25. The summed E-state index contributed by atoms with van der Waals surface area (Å²) in [5, 5.41) is 2.29. The van der Waals surface area contributed by atoms with E-state index >= 15 is 0 Å². The van der Waals surface area contributed by atoms with E-state index in [0.717, 1.165) is 17.2 Å². The molecule has 2 aliphatic rings. The molecule has 1 aromatic carbocycles. The first-order chi connectivity index (χ1) is 7.88. The second kappa shape index (κ2) is 3.46. The topological polar surface area (TPSA) is 17.1 Å². The van der Waals surface area contributed by atoms with Gasteiger partial charge in [0.05, 0.1) is 0 Å². The van der Waals surface area contributed by atoms with Crippen molar-refractivity contribution in [3.05, 3.63) is 60.2 Å². The molecule has 0 spiro atoms. The molecule has 0 unspecified atom stereocenters. The van der Waals surface area contributed by atoms with Crippen LogP contribution < -0.4 is 0 Å². The Bertz CT molecular complexity index is 640. The Morgan fingerprint density at radius 1 is 0.875 bits per heavy atom. The van der Waals surface area contributed by atoms with E-state index in [0.29, 0.717) is 0 Å². The summed E-state index contributed by atoms with van der Waals surface area (Å²) in [7, 11) is 0. The molecule has 1 aromatic rings. The number of hydrogen-bond donors (Lipinski definition) is 0. The number of aldehydes is 1. The van der Waals surface area contributed by atoms with Gasteiger partial charge in [-0.2, -0.15) is 0 Å². The van der Waals surface area contributed by atoms with Crippen molar-refractivity contribution in [3.8, 4) is 11.1 Å². The minimum atomic E-state index is 0.721. The van der Waals surface area contributed by atoms with Crippen molar-refractivity contribution < 1.29 is 4.79 Å². The van der Waals surface area contributed by atoms with Crippen LogP contribution in [0.4, 0.5) is 0 Å². The Balaban J connectivity index is 2.45. The van der Waals surface area contributed by atoms with Gasteiger partial charge in [0, 0.05) is 5.56 Å². The lowest BCUT2D eigenvalue weighted by molar-refractivity contribution is 0.112. The van der Waals surface area contributed by atoms with E-state index in [4.69, 9.17) is 0 Å². The van der Waals surface area contributed by atoms with Gasteiger partial charge in [-0.15, -0.1) is 0 Å². The molecule has 0 saturated carbocycles. The fourth-order valence-electron chi connectivity index (χ4n) is 2.12. The lowest BCUT2D eigenvalue weighted by Crippen LogP contribution is -1.79. The van der Waals surface area contributed by atoms with Crippen LogP contribution in [0.25, 0.3) is 21.9 Å². The van der Waals surface area contributed by atoms with Crippen molar-refractivity contribution >= 4 is 17.1 Å². The highest BCUT2D eigenvalue weighted by Gasteiger charge is 2.04. The lowest BCUT2D eigenvalue weighted by Gasteiger charge is -1.99. The summed E-state index contributed by atoms with van der Waals surface area (Å²) in [6, 6.07) is 18.2. The molecule has 0 heterocycles. The summed E-state index contributed by atoms with van der Waals surface area (Å²) < 4.78 is 0. The number of benzene rings is 1. The Morgan fingerprint density at radius 2 is 1.69 bits per heavy atom. The average molecular weight is 206 g/mol. The fraction of sp³-hybridized carbons (Fsp3) is 0. The van der Waals surface area contributed by atoms with Crippen molar-refractivity contribution in [2.45, 2.75) is 0 Å². The Morgan fingerprint density at radius 3 is 2.50 bits per heavy atom. The first kappa shape index (κ1) is 9.10. The minimum Gasteiger partial charge on any atom is -0.298 e. The number of hydrogen-bond acceptors (Lipinski definition) is 1. The van der Waals surface area contributed by atoms with Crippen LogP contribution >= 0.6 is 0 Å². The summed E-state index contributed by atoms with van der Waals surface area (Å²) in [5.74, 6) is 0. The summed E-state index contributed by atoms with van der Waals surface area (Å²) in [6.45, 7) is 0. The van der Waals surface area contributed by atoms with E-state index in [1.165, 1.54) is 16.5 Å². The molecule has 76 valence electrons. The van der Waals surface area contributed by atoms with Crippen molar-refractivity contribution in [2.75, 3.05) is 0 Å². The van der Waals surface area contributed by atoms with E-state index in [-0.39, 0.29) is 0 Å². The zero-order chi connectivity index (χ0) is 11.0. The van der Waals surface area contributed by atoms with Gasteiger partial charge >= 0.3 is 0 Å². The van der Waals surface area contributed by atoms with Gasteiger partial charge in [0.25, 0.3) is 0 Å². The van der Waals surface area contributed by atoms with Gasteiger partial charge in [-0.05, 0) is 28.0 Å². The highest BCUT2D eigenvalue weighted by atomic mass is 16.1. The Hall–Kier alpha value is -2.15. The maximum atomic E-state index is 10.7. The first-order valence-corrected chi connectivity index (χ1v) is 5.25. The molecule has 0 N–H and O–H groups in total. The highest BCUT2D eigenvalue weighted by molar-refractivity contribution is 5.99. The van der Waals surface area contributed by atoms with Crippen LogP contribution in [0.2, 0.25) is 0 Å². The Kier molecular flexibility index (Phi) is 1.97. The third-order valence-electron chi connectivity index (χ3n) is 2.90. The molecular formula is C15H10O. The fourth-order valence-corrected chi connectivity index (χ4v) is 2.12. The molecule has 3 rings (SSSR count). The molecule has 1 heteroatoms. The van der Waals surface area contributed by atoms with Crippen molar-refractivity contribution in [1.29, 1.82) is 0 Å². The van der Waals surface area contributed by atoms with E-state index in [9.17, 15) is 4.79 Å². The van der Waals surface area contributed by atoms with Crippen molar-refractivity contribution in [1.82, 2.24) is 0 Å². The van der Waals surface area contributed by atoms with E-state index in [1.54, 1.807) is 0 Å². The number of carbonyl (C=O) groups is 1. The molecule has 0 aromatic heterocycles. The van der Waals surface area contributed by atoms with Crippen LogP contribution in [-0.2, 0) is 0 Å². The van der Waals surface area contributed by atoms with Gasteiger partial charge < -0.3 is 0 Å². The zero-order valence-corrected chi connectivity index (χ0v) is 8.68. The van der Waals surface area contributed by atoms with Gasteiger partial charge in [-0.3, -0.25) is 4.79 Å². The molecule has 0 aliphatic heterocycles. The highest BCUT2D eigenvalue weighted by Crippen LogP contribution is 2.30. The molecule has 1 nitrogen and oxygen atoms in total. The van der Waals surface area contributed by atoms with Crippen molar-refractivity contribution in [2.24, 2.45) is 0 Å². The smallest absolute Gasteiger partial charge is 0.150 e. The zero-order valence-electron chi connectivity index (χ0n) is 8.68. The summed E-state index contributed by atoms with van der Waals surface area (Å²) >= 11 is 0. The van der Waals surface area contributed by atoms with Crippen LogP contribution in [0.3, 0.4) is 0 Å². The predicted octanol–water partition coefficient (Wildman–Crippen LogP) is 3.76. The monoisotopic (exact) mass is 206 g/mol. The summed E-state index contributed by atoms with van der Waals surface area (Å²) in [5.41, 5.74) is 3.18. The molecule has 16 heavy (non-hydrogen) atoms. The number of carbonyl (C=O) groups excluding carboxylic acids is 1. The van der Waals surface area contributed by atoms with Crippen LogP contribution in [0.5, 0.6) is 0 Å². The summed E-state index contributed by atoms with van der Waals surface area (Å²) in [4.78, 5) is 10.7. The van der Waals surface area contributed by atoms with Crippen LogP contribution in [-0.4, -0.2) is 6.29 Å². The standard InChI is InChI=1S/C15H10O/c16-10-11-7-8-15-13(9-11)5-1-3-12-4-2-6-14(12)15/h1-10H. The SMILES string of the molecule is O=Cc1ccc2c3cccc-3cccc2c1. The maximum Gasteiger partial charge on any atom is 0.150 e. The van der Waals surface area contributed by atoms with Crippen LogP contribution in [0, 0.1) is 0 Å². The van der Waals surface area contributed by atoms with Crippen LogP contribution in [0.15, 0.2) is 54.6 Å². The molecule has 0 fully saturated rings. The van der Waals surface area contributed by atoms with E-state index in [2.05, 4.69) is 24.3 Å². The Labute approximate surface area is 93.7 Å². The van der Waals surface area contributed by atoms with Gasteiger partial charge in [0.2, 0.25) is 0 Å². The van der Waals surface area contributed by atoms with E-state index < -0.39 is 0 Å². The maximum absolute atomic E-state index is 10.7. The van der Waals surface area contributed by atoms with Gasteiger partial charge in [0.15, 0.2) is 0 Å². The minimum absolute atomic E-state index is 0.721. The number of rotatable bonds is 1. The molecule has 0 saturated heterocycles. The third-order valence-corrected chi connectivity index (χ3v) is 2.90. The predicted molar refractivity (Wildman–Crippen MR) is 66.0 cm³/mol.